The van der Waals surface area contributed by atoms with Gasteiger partial charge in [-0.3, -0.25) is 4.57 Å². The third-order valence-corrected chi connectivity index (χ3v) is 3.28. The van der Waals surface area contributed by atoms with E-state index in [-0.39, 0.29) is 0 Å². The van der Waals surface area contributed by atoms with Crippen molar-refractivity contribution in [2.45, 2.75) is 65.1 Å². The summed E-state index contributed by atoms with van der Waals surface area (Å²) >= 11 is 4.99. The predicted molar refractivity (Wildman–Crippen MR) is 84.7 cm³/mol. The lowest BCUT2D eigenvalue weighted by Gasteiger charge is -2.22. The van der Waals surface area contributed by atoms with Crippen molar-refractivity contribution < 1.29 is 24.0 Å². The molecule has 1 aromatic rings. The highest BCUT2D eigenvalue weighted by atomic mass is 32.1. The second-order valence-corrected chi connectivity index (χ2v) is 6.53. The van der Waals surface area contributed by atoms with Crippen molar-refractivity contribution in [1.82, 2.24) is 15.0 Å². The Kier molecular flexibility index (Phi) is 6.74. The first kappa shape index (κ1) is 19.1. The van der Waals surface area contributed by atoms with E-state index in [0.717, 1.165) is 0 Å². The fraction of sp³-hybridized carbons (Fsp3) is 0.714. The van der Waals surface area contributed by atoms with Gasteiger partial charge in [0.1, 0.15) is 17.5 Å². The standard InChI is InChI=1S/C14H23N3O5S/c1-9-16-22-13(23)17(9)8-6-5-7-10(11(18)19)15-12(20)21-14(2,3)4/h10H,5-8H2,1-4H3,(H,15,20)(H,18,19)/t10-/m0/s1. The summed E-state index contributed by atoms with van der Waals surface area (Å²) in [5.74, 6) is -0.412. The predicted octanol–water partition coefficient (Wildman–Crippen LogP) is 2.66. The molecular weight excluding hydrogens is 322 g/mol. The Bertz CT molecular complexity index is 602. The average molecular weight is 345 g/mol. The molecule has 0 aliphatic carbocycles. The second kappa shape index (κ2) is 8.09. The van der Waals surface area contributed by atoms with Gasteiger partial charge in [0.15, 0.2) is 0 Å². The van der Waals surface area contributed by atoms with Crippen LogP contribution in [-0.2, 0) is 16.1 Å². The first-order valence-electron chi connectivity index (χ1n) is 7.35. The van der Waals surface area contributed by atoms with Crippen LogP contribution in [0.15, 0.2) is 4.52 Å². The highest BCUT2D eigenvalue weighted by molar-refractivity contribution is 7.71. The smallest absolute Gasteiger partial charge is 0.408 e. The third-order valence-electron chi connectivity index (χ3n) is 2.98. The summed E-state index contributed by atoms with van der Waals surface area (Å²) in [7, 11) is 0. The Morgan fingerprint density at radius 2 is 2.09 bits per heavy atom. The molecule has 0 saturated carbocycles. The van der Waals surface area contributed by atoms with Gasteiger partial charge in [-0.25, -0.2) is 9.59 Å². The number of carbonyl (C=O) groups excluding carboxylic acids is 1. The zero-order valence-corrected chi connectivity index (χ0v) is 14.6. The van der Waals surface area contributed by atoms with Crippen molar-refractivity contribution in [3.8, 4) is 0 Å². The molecule has 0 bridgehead atoms. The van der Waals surface area contributed by atoms with E-state index < -0.39 is 23.7 Å². The Morgan fingerprint density at radius 3 is 2.57 bits per heavy atom. The molecule has 2 N–H and O–H groups in total. The van der Waals surface area contributed by atoms with Crippen LogP contribution < -0.4 is 5.32 Å². The van der Waals surface area contributed by atoms with Crippen LogP contribution in [0.5, 0.6) is 0 Å². The van der Waals surface area contributed by atoms with E-state index in [4.69, 9.17) is 21.5 Å². The van der Waals surface area contributed by atoms with Crippen molar-refractivity contribution >= 4 is 24.3 Å². The van der Waals surface area contributed by atoms with Crippen LogP contribution >= 0.6 is 12.2 Å². The maximum Gasteiger partial charge on any atom is 0.408 e. The lowest BCUT2D eigenvalue weighted by molar-refractivity contribution is -0.139. The zero-order valence-electron chi connectivity index (χ0n) is 13.8. The maximum atomic E-state index is 11.6. The molecule has 0 aliphatic rings. The van der Waals surface area contributed by atoms with Crippen molar-refractivity contribution in [3.05, 3.63) is 10.7 Å². The molecule has 130 valence electrons. The van der Waals surface area contributed by atoms with Gasteiger partial charge in [-0.05, 0) is 59.2 Å². The van der Waals surface area contributed by atoms with Gasteiger partial charge < -0.3 is 19.7 Å². The Labute approximate surface area is 139 Å². The summed E-state index contributed by atoms with van der Waals surface area (Å²) in [5, 5.41) is 15.3. The molecule has 0 fully saturated rings. The summed E-state index contributed by atoms with van der Waals surface area (Å²) in [4.78, 5) is 23.2. The van der Waals surface area contributed by atoms with Crippen LogP contribution in [0.3, 0.4) is 0 Å². The number of rotatable bonds is 7. The molecule has 0 saturated heterocycles. The Balaban J connectivity index is 2.43. The maximum absolute atomic E-state index is 11.6. The molecule has 0 aromatic carbocycles. The normalized spacial score (nSPS) is 12.7. The van der Waals surface area contributed by atoms with Crippen LogP contribution in [0.25, 0.3) is 0 Å². The number of ether oxygens (including phenoxy) is 1. The fourth-order valence-electron chi connectivity index (χ4n) is 1.91. The van der Waals surface area contributed by atoms with Crippen LogP contribution in [0, 0.1) is 11.8 Å². The van der Waals surface area contributed by atoms with E-state index in [1.807, 2.05) is 0 Å². The molecule has 0 unspecified atom stereocenters. The number of alkyl carbamates (subject to hydrolysis) is 1. The number of hydrogen-bond acceptors (Lipinski definition) is 6. The SMILES string of the molecule is Cc1noc(=S)n1CCCC[C@H](NC(=O)OC(C)(C)C)C(=O)O. The number of aryl methyl sites for hydroxylation is 1. The minimum Gasteiger partial charge on any atom is -0.480 e. The van der Waals surface area contributed by atoms with Gasteiger partial charge in [0, 0.05) is 6.54 Å². The van der Waals surface area contributed by atoms with Crippen molar-refractivity contribution in [2.75, 3.05) is 0 Å². The highest BCUT2D eigenvalue weighted by Crippen LogP contribution is 2.09. The first-order chi connectivity index (χ1) is 10.6. The van der Waals surface area contributed by atoms with E-state index in [0.29, 0.717) is 36.5 Å². The molecular formula is C14H23N3O5S. The van der Waals surface area contributed by atoms with E-state index in [9.17, 15) is 14.7 Å². The van der Waals surface area contributed by atoms with Gasteiger partial charge in [0.05, 0.1) is 0 Å². The van der Waals surface area contributed by atoms with Crippen LogP contribution in [0.4, 0.5) is 4.79 Å². The number of carboxylic acid groups (broad SMARTS) is 1. The number of hydrogen-bond donors (Lipinski definition) is 2. The van der Waals surface area contributed by atoms with Crippen LogP contribution in [-0.4, -0.2) is 38.5 Å². The number of aliphatic carboxylic acids is 1. The molecule has 8 nitrogen and oxygen atoms in total. The van der Waals surface area contributed by atoms with Gasteiger partial charge in [0.25, 0.3) is 4.84 Å². The molecule has 1 heterocycles. The Morgan fingerprint density at radius 1 is 1.43 bits per heavy atom. The number of carbonyl (C=O) groups is 2. The quantitative estimate of drug-likeness (QED) is 0.578. The van der Waals surface area contributed by atoms with E-state index >= 15 is 0 Å². The molecule has 0 aliphatic heterocycles. The molecule has 1 rings (SSSR count). The van der Waals surface area contributed by atoms with E-state index in [2.05, 4.69) is 10.5 Å². The summed E-state index contributed by atoms with van der Waals surface area (Å²) in [5.41, 5.74) is -0.671. The van der Waals surface area contributed by atoms with Gasteiger partial charge in [-0.15, -0.1) is 0 Å². The van der Waals surface area contributed by atoms with Crippen molar-refractivity contribution in [2.24, 2.45) is 0 Å². The lowest BCUT2D eigenvalue weighted by atomic mass is 10.1. The molecule has 9 heteroatoms. The number of amides is 1. The lowest BCUT2D eigenvalue weighted by Crippen LogP contribution is -2.43. The van der Waals surface area contributed by atoms with E-state index in [1.54, 1.807) is 32.3 Å². The average Bonchev–Trinajstić information content (AvgIpc) is 2.71. The minimum atomic E-state index is -1.09. The summed E-state index contributed by atoms with van der Waals surface area (Å²) in [6.07, 6.45) is 0.851. The number of aromatic nitrogens is 2. The number of nitrogens with zero attached hydrogens (tertiary/aromatic N) is 2. The molecule has 1 aromatic heterocycles. The monoisotopic (exact) mass is 345 g/mol. The third kappa shape index (κ3) is 6.81. The van der Waals surface area contributed by atoms with Crippen molar-refractivity contribution in [1.29, 1.82) is 0 Å². The van der Waals surface area contributed by atoms with Gasteiger partial charge >= 0.3 is 12.1 Å². The molecule has 1 atom stereocenters. The largest absolute Gasteiger partial charge is 0.480 e. The molecule has 0 spiro atoms. The zero-order chi connectivity index (χ0) is 17.6. The number of carboxylic acids is 1. The molecule has 23 heavy (non-hydrogen) atoms. The van der Waals surface area contributed by atoms with Crippen LogP contribution in [0.2, 0.25) is 0 Å². The minimum absolute atomic E-state index is 0.296. The van der Waals surface area contributed by atoms with Crippen molar-refractivity contribution in [3.63, 3.8) is 0 Å². The summed E-state index contributed by atoms with van der Waals surface area (Å²) in [6, 6.07) is -0.985. The van der Waals surface area contributed by atoms with Gasteiger partial charge in [-0.2, -0.15) is 0 Å². The van der Waals surface area contributed by atoms with Gasteiger partial charge in [-0.1, -0.05) is 5.16 Å². The Hall–Kier alpha value is -1.90. The van der Waals surface area contributed by atoms with E-state index in [1.165, 1.54) is 0 Å². The molecule has 0 radical (unpaired) electrons. The first-order valence-corrected chi connectivity index (χ1v) is 7.76. The number of nitrogens with one attached hydrogen (secondary N) is 1. The topological polar surface area (TPSA) is 107 Å². The summed E-state index contributed by atoms with van der Waals surface area (Å²) in [6.45, 7) is 7.52. The number of unbranched alkanes of at least 4 members (excludes halogenated alkanes) is 1. The molecule has 1 amide bonds. The highest BCUT2D eigenvalue weighted by Gasteiger charge is 2.23. The van der Waals surface area contributed by atoms with Gasteiger partial charge in [0.2, 0.25) is 0 Å². The summed E-state index contributed by atoms with van der Waals surface area (Å²) < 4.78 is 11.7. The van der Waals surface area contributed by atoms with Crippen LogP contribution in [0.1, 0.15) is 45.9 Å². The second-order valence-electron chi connectivity index (χ2n) is 6.18. The fourth-order valence-corrected chi connectivity index (χ4v) is 2.18.